The lowest BCUT2D eigenvalue weighted by Gasteiger charge is -2.32. The van der Waals surface area contributed by atoms with Crippen LogP contribution < -0.4 is 25.2 Å². The van der Waals surface area contributed by atoms with E-state index in [9.17, 15) is 31.5 Å². The molecule has 5 rings (SSSR count). The Morgan fingerprint density at radius 3 is 2.49 bits per heavy atom. The molecule has 2 fully saturated rings. The molecule has 1 aromatic heterocycles. The number of alkyl halides is 5. The number of nitrogens with zero attached hydrogens (tertiary/aromatic N) is 5. The highest BCUT2D eigenvalue weighted by Crippen LogP contribution is 2.40. The van der Waals surface area contributed by atoms with Gasteiger partial charge in [-0.15, -0.1) is 0 Å². The van der Waals surface area contributed by atoms with Crippen LogP contribution in [0.4, 0.5) is 45.1 Å². The Morgan fingerprint density at radius 1 is 1.14 bits per heavy atom. The van der Waals surface area contributed by atoms with Crippen molar-refractivity contribution in [2.24, 2.45) is 0 Å². The summed E-state index contributed by atoms with van der Waals surface area (Å²) >= 11 is 0. The molecule has 1 aliphatic carbocycles. The normalized spacial score (nSPS) is 20.1. The van der Waals surface area contributed by atoms with Crippen LogP contribution in [0.1, 0.15) is 48.9 Å². The lowest BCUT2D eigenvalue weighted by atomic mass is 10.0. The van der Waals surface area contributed by atoms with Crippen molar-refractivity contribution in [3.8, 4) is 5.75 Å². The zero-order valence-electron chi connectivity index (χ0n) is 23.9. The molecule has 2 aliphatic heterocycles. The van der Waals surface area contributed by atoms with Gasteiger partial charge >= 0.3 is 12.1 Å². The summed E-state index contributed by atoms with van der Waals surface area (Å²) in [6.45, 7) is -1.28. The molecule has 15 heteroatoms. The van der Waals surface area contributed by atoms with Gasteiger partial charge in [0.15, 0.2) is 5.82 Å². The van der Waals surface area contributed by atoms with E-state index in [4.69, 9.17) is 4.74 Å². The second kappa shape index (κ2) is 12.1. The highest BCUT2D eigenvalue weighted by molar-refractivity contribution is 6.02. The number of carbonyl (C=O) groups is 2. The van der Waals surface area contributed by atoms with Crippen molar-refractivity contribution in [1.82, 2.24) is 20.2 Å². The highest BCUT2D eigenvalue weighted by atomic mass is 19.4. The number of likely N-dealkylation sites (tertiary alicyclic amines) is 1. The first-order chi connectivity index (χ1) is 20.3. The van der Waals surface area contributed by atoms with Crippen LogP contribution in [0, 0.1) is 0 Å². The molecule has 0 atom stereocenters. The Morgan fingerprint density at radius 2 is 1.84 bits per heavy atom. The molecule has 1 saturated heterocycles. The summed E-state index contributed by atoms with van der Waals surface area (Å²) in [6, 6.07) is 4.22. The molecule has 3 aliphatic rings. The SMILES string of the molecule is COc1cc(C(=O)NC2CCN(CC(F)(F)F)CC2)ccc1Nc1ncc2c(n1)N(C1CCCC1)CC(F)(F)C(=O)N2C. The highest BCUT2D eigenvalue weighted by Gasteiger charge is 2.48. The van der Waals surface area contributed by atoms with Crippen molar-refractivity contribution in [1.29, 1.82) is 0 Å². The second-order valence-electron chi connectivity index (χ2n) is 11.2. The molecule has 0 unspecified atom stereocenters. The number of methoxy groups -OCH3 is 1. The Balaban J connectivity index is 1.31. The quantitative estimate of drug-likeness (QED) is 0.446. The Hall–Kier alpha value is -3.75. The maximum absolute atomic E-state index is 14.9. The van der Waals surface area contributed by atoms with E-state index in [1.165, 1.54) is 36.2 Å². The number of hydrogen-bond acceptors (Lipinski definition) is 8. The number of rotatable bonds is 7. The molecule has 2 aromatic rings. The van der Waals surface area contributed by atoms with Gasteiger partial charge in [-0.05, 0) is 43.9 Å². The van der Waals surface area contributed by atoms with Gasteiger partial charge in [0.2, 0.25) is 5.95 Å². The number of halogens is 5. The van der Waals surface area contributed by atoms with Crippen LogP contribution in [-0.2, 0) is 4.79 Å². The van der Waals surface area contributed by atoms with Crippen LogP contribution in [0.2, 0.25) is 0 Å². The van der Waals surface area contributed by atoms with Gasteiger partial charge in [-0.3, -0.25) is 14.5 Å². The van der Waals surface area contributed by atoms with Gasteiger partial charge in [-0.1, -0.05) is 12.8 Å². The van der Waals surface area contributed by atoms with Crippen LogP contribution in [0.5, 0.6) is 5.75 Å². The number of fused-ring (bicyclic) bond motifs is 1. The molecule has 2 N–H and O–H groups in total. The predicted octanol–water partition coefficient (Wildman–Crippen LogP) is 4.35. The van der Waals surface area contributed by atoms with E-state index >= 15 is 0 Å². The number of ether oxygens (including phenoxy) is 1. The summed E-state index contributed by atoms with van der Waals surface area (Å²) in [7, 11) is 2.70. The summed E-state index contributed by atoms with van der Waals surface area (Å²) in [5, 5.41) is 5.91. The fourth-order valence-corrected chi connectivity index (χ4v) is 5.92. The minimum absolute atomic E-state index is 0.0916. The van der Waals surface area contributed by atoms with Crippen LogP contribution in [-0.4, -0.2) is 91.2 Å². The average molecular weight is 612 g/mol. The Labute approximate surface area is 245 Å². The van der Waals surface area contributed by atoms with Crippen molar-refractivity contribution >= 4 is 35.0 Å². The van der Waals surface area contributed by atoms with E-state index < -0.39 is 31.1 Å². The number of amides is 2. The van der Waals surface area contributed by atoms with E-state index in [1.54, 1.807) is 12.1 Å². The number of hydrogen-bond donors (Lipinski definition) is 2. The molecule has 1 aromatic carbocycles. The molecular formula is C28H34F5N7O3. The molecule has 43 heavy (non-hydrogen) atoms. The topological polar surface area (TPSA) is 103 Å². The third-order valence-electron chi connectivity index (χ3n) is 8.17. The van der Waals surface area contributed by atoms with Crippen LogP contribution in [0.15, 0.2) is 24.4 Å². The zero-order chi connectivity index (χ0) is 30.9. The molecule has 3 heterocycles. The number of benzene rings is 1. The minimum atomic E-state index is -4.26. The number of aromatic nitrogens is 2. The van der Waals surface area contributed by atoms with E-state index in [1.807, 2.05) is 0 Å². The first-order valence-corrected chi connectivity index (χ1v) is 14.2. The maximum Gasteiger partial charge on any atom is 0.401 e. The van der Waals surface area contributed by atoms with Crippen molar-refractivity contribution < 1.29 is 36.3 Å². The summed E-state index contributed by atoms with van der Waals surface area (Å²) in [5.74, 6) is -4.69. The number of anilines is 4. The molecule has 234 valence electrons. The minimum Gasteiger partial charge on any atom is -0.495 e. The predicted molar refractivity (Wildman–Crippen MR) is 149 cm³/mol. The van der Waals surface area contributed by atoms with Gasteiger partial charge in [0, 0.05) is 37.8 Å². The van der Waals surface area contributed by atoms with Crippen molar-refractivity contribution in [3.63, 3.8) is 0 Å². The molecule has 0 bridgehead atoms. The number of nitrogens with one attached hydrogen (secondary N) is 2. The Bertz CT molecular complexity index is 1340. The first-order valence-electron chi connectivity index (χ1n) is 14.2. The van der Waals surface area contributed by atoms with E-state index in [-0.39, 0.29) is 59.8 Å². The lowest BCUT2D eigenvalue weighted by Crippen LogP contribution is -2.48. The van der Waals surface area contributed by atoms with Crippen molar-refractivity contribution in [3.05, 3.63) is 30.0 Å². The third-order valence-corrected chi connectivity index (χ3v) is 8.17. The molecule has 2 amide bonds. The molecule has 0 radical (unpaired) electrons. The fraction of sp³-hybridized carbons (Fsp3) is 0.571. The monoisotopic (exact) mass is 611 g/mol. The Kier molecular flexibility index (Phi) is 8.63. The zero-order valence-corrected chi connectivity index (χ0v) is 23.9. The van der Waals surface area contributed by atoms with Gasteiger partial charge in [-0.2, -0.15) is 26.9 Å². The van der Waals surface area contributed by atoms with Gasteiger partial charge in [0.05, 0.1) is 32.1 Å². The number of carbonyl (C=O) groups excluding carboxylic acids is 2. The maximum atomic E-state index is 14.9. The first kappa shape index (κ1) is 30.7. The standard InChI is InChI=1S/C28H34F5N7O3/c1-38-21-14-34-26(37-23(21)40(19-5-3-4-6-19)15-27(29,30)25(38)42)36-20-8-7-17(13-22(20)43-2)24(41)35-18-9-11-39(12-10-18)16-28(31,32)33/h7-8,13-14,18-19H,3-6,9-12,15-16H2,1-2H3,(H,35,41)(H,34,36,37). The largest absolute Gasteiger partial charge is 0.495 e. The van der Waals surface area contributed by atoms with Crippen LogP contribution in [0.25, 0.3) is 0 Å². The van der Waals surface area contributed by atoms with Crippen LogP contribution in [0.3, 0.4) is 0 Å². The average Bonchev–Trinajstić information content (AvgIpc) is 3.48. The smallest absolute Gasteiger partial charge is 0.401 e. The van der Waals surface area contributed by atoms with Crippen molar-refractivity contribution in [2.45, 2.75) is 62.7 Å². The number of piperidine rings is 1. The van der Waals surface area contributed by atoms with Gasteiger partial charge in [0.25, 0.3) is 11.8 Å². The van der Waals surface area contributed by atoms with E-state index in [0.29, 0.717) is 31.4 Å². The second-order valence-corrected chi connectivity index (χ2v) is 11.2. The summed E-state index contributed by atoms with van der Waals surface area (Å²) in [5.41, 5.74) is 0.885. The summed E-state index contributed by atoms with van der Waals surface area (Å²) in [4.78, 5) is 38.0. The fourth-order valence-electron chi connectivity index (χ4n) is 5.92. The van der Waals surface area contributed by atoms with Gasteiger partial charge < -0.3 is 25.2 Å². The molecule has 0 spiro atoms. The molecular weight excluding hydrogens is 577 g/mol. The third kappa shape index (κ3) is 6.92. The lowest BCUT2D eigenvalue weighted by molar-refractivity contribution is -0.148. The summed E-state index contributed by atoms with van der Waals surface area (Å²) in [6.07, 6.45) is 1.10. The molecule has 10 nitrogen and oxygen atoms in total. The van der Waals surface area contributed by atoms with Crippen molar-refractivity contribution in [2.75, 3.05) is 55.5 Å². The van der Waals surface area contributed by atoms with Gasteiger partial charge in [0.1, 0.15) is 11.4 Å². The van der Waals surface area contributed by atoms with Crippen LogP contribution >= 0.6 is 0 Å². The van der Waals surface area contributed by atoms with E-state index in [2.05, 4.69) is 20.6 Å². The summed E-state index contributed by atoms with van der Waals surface area (Å²) < 4.78 is 73.2. The molecule has 1 saturated carbocycles. The van der Waals surface area contributed by atoms with E-state index in [0.717, 1.165) is 17.7 Å². The van der Waals surface area contributed by atoms with Gasteiger partial charge in [-0.25, -0.2) is 4.98 Å².